The summed E-state index contributed by atoms with van der Waals surface area (Å²) in [6.45, 7) is 3.86. The van der Waals surface area contributed by atoms with Crippen molar-refractivity contribution in [2.45, 2.75) is 30.5 Å². The van der Waals surface area contributed by atoms with Gasteiger partial charge in [0, 0.05) is 29.5 Å². The van der Waals surface area contributed by atoms with Gasteiger partial charge in [-0.25, -0.2) is 13.1 Å². The molecule has 140 valence electrons. The van der Waals surface area contributed by atoms with Crippen LogP contribution >= 0.6 is 27.3 Å². The molecule has 0 aliphatic carbocycles. The van der Waals surface area contributed by atoms with Crippen molar-refractivity contribution in [3.63, 3.8) is 0 Å². The van der Waals surface area contributed by atoms with Gasteiger partial charge in [0.05, 0.1) is 5.56 Å². The van der Waals surface area contributed by atoms with E-state index in [2.05, 4.69) is 27.6 Å². The summed E-state index contributed by atoms with van der Waals surface area (Å²) in [6.07, 6.45) is 1.99. The number of amides is 1. The fraction of sp³-hybridized carbons (Fsp3) is 0.389. The number of rotatable bonds is 5. The van der Waals surface area contributed by atoms with Crippen LogP contribution in [0.1, 0.15) is 35.7 Å². The number of sulfonamides is 1. The topological polar surface area (TPSA) is 66.5 Å². The van der Waals surface area contributed by atoms with E-state index in [4.69, 9.17) is 0 Å². The van der Waals surface area contributed by atoms with Gasteiger partial charge in [0.1, 0.15) is 4.21 Å². The fourth-order valence-corrected chi connectivity index (χ4v) is 5.52. The number of hydrogen-bond donors (Lipinski definition) is 1. The smallest absolute Gasteiger partial charge is 0.254 e. The Kier molecular flexibility index (Phi) is 6.17. The third-order valence-electron chi connectivity index (χ3n) is 4.51. The number of likely N-dealkylation sites (tertiary alicyclic amines) is 1. The van der Waals surface area contributed by atoms with Crippen molar-refractivity contribution in [1.82, 2.24) is 9.62 Å². The van der Waals surface area contributed by atoms with Crippen LogP contribution in [0.25, 0.3) is 0 Å². The molecule has 0 atom stereocenters. The van der Waals surface area contributed by atoms with E-state index in [1.807, 2.05) is 29.2 Å². The van der Waals surface area contributed by atoms with E-state index in [0.717, 1.165) is 47.3 Å². The number of carbonyl (C=O) groups excluding carboxylic acids is 1. The third kappa shape index (κ3) is 4.73. The van der Waals surface area contributed by atoms with Crippen LogP contribution in [0, 0.1) is 5.92 Å². The van der Waals surface area contributed by atoms with Crippen LogP contribution < -0.4 is 4.72 Å². The van der Waals surface area contributed by atoms with Crippen LogP contribution in [0.3, 0.4) is 0 Å². The second kappa shape index (κ2) is 8.21. The first kappa shape index (κ1) is 19.5. The van der Waals surface area contributed by atoms with Gasteiger partial charge in [0.25, 0.3) is 5.91 Å². The SMILES string of the molecule is CC1CCN(C(=O)c2csc(S(=O)(=O)NCc3cccc(Br)c3)c2)CC1. The molecule has 0 radical (unpaired) electrons. The number of benzene rings is 1. The van der Waals surface area contributed by atoms with Gasteiger partial charge in [0.15, 0.2) is 0 Å². The zero-order valence-corrected chi connectivity index (χ0v) is 17.7. The van der Waals surface area contributed by atoms with Gasteiger partial charge in [-0.15, -0.1) is 11.3 Å². The molecule has 0 saturated carbocycles. The minimum absolute atomic E-state index is 0.0819. The molecule has 0 unspecified atom stereocenters. The number of piperidine rings is 1. The van der Waals surface area contributed by atoms with Crippen LogP contribution in [-0.2, 0) is 16.6 Å². The van der Waals surface area contributed by atoms with Gasteiger partial charge >= 0.3 is 0 Å². The summed E-state index contributed by atoms with van der Waals surface area (Å²) >= 11 is 4.45. The molecule has 2 heterocycles. The second-order valence-corrected chi connectivity index (χ2v) is 10.4. The maximum absolute atomic E-state index is 12.6. The molecule has 2 aromatic rings. The highest BCUT2D eigenvalue weighted by molar-refractivity contribution is 9.10. The molecule has 8 heteroatoms. The van der Waals surface area contributed by atoms with Gasteiger partial charge in [-0.1, -0.05) is 35.0 Å². The Balaban J connectivity index is 1.66. The average molecular weight is 457 g/mol. The van der Waals surface area contributed by atoms with Crippen molar-refractivity contribution < 1.29 is 13.2 Å². The number of carbonyl (C=O) groups is 1. The third-order valence-corrected chi connectivity index (χ3v) is 7.85. The number of halogens is 1. The van der Waals surface area contributed by atoms with Crippen LogP contribution in [0.5, 0.6) is 0 Å². The quantitative estimate of drug-likeness (QED) is 0.742. The summed E-state index contributed by atoms with van der Waals surface area (Å²) in [5.41, 5.74) is 1.31. The lowest BCUT2D eigenvalue weighted by Crippen LogP contribution is -2.37. The molecule has 5 nitrogen and oxygen atoms in total. The molecule has 1 aromatic carbocycles. The number of nitrogens with zero attached hydrogens (tertiary/aromatic N) is 1. The molecule has 1 fully saturated rings. The van der Waals surface area contributed by atoms with Crippen LogP contribution in [0.4, 0.5) is 0 Å². The Morgan fingerprint density at radius 3 is 2.73 bits per heavy atom. The van der Waals surface area contributed by atoms with E-state index in [0.29, 0.717) is 11.5 Å². The fourth-order valence-electron chi connectivity index (χ4n) is 2.86. The number of nitrogens with one attached hydrogen (secondary N) is 1. The Hall–Kier alpha value is -1.22. The van der Waals surface area contributed by atoms with Crippen molar-refractivity contribution in [2.24, 2.45) is 5.92 Å². The van der Waals surface area contributed by atoms with E-state index in [1.54, 1.807) is 5.38 Å². The van der Waals surface area contributed by atoms with Gasteiger partial charge < -0.3 is 4.90 Å². The molecule has 26 heavy (non-hydrogen) atoms. The molecule has 1 N–H and O–H groups in total. The highest BCUT2D eigenvalue weighted by Crippen LogP contribution is 2.24. The largest absolute Gasteiger partial charge is 0.339 e. The molecule has 0 spiro atoms. The molecule has 1 aliphatic rings. The van der Waals surface area contributed by atoms with E-state index in [9.17, 15) is 13.2 Å². The van der Waals surface area contributed by atoms with Gasteiger partial charge in [-0.3, -0.25) is 4.79 Å². The maximum atomic E-state index is 12.6. The highest BCUT2D eigenvalue weighted by atomic mass is 79.9. The second-order valence-electron chi connectivity index (χ2n) is 6.58. The first-order valence-electron chi connectivity index (χ1n) is 8.47. The minimum Gasteiger partial charge on any atom is -0.339 e. The van der Waals surface area contributed by atoms with Crippen molar-refractivity contribution in [2.75, 3.05) is 13.1 Å². The number of hydrogen-bond acceptors (Lipinski definition) is 4. The zero-order chi connectivity index (χ0) is 18.7. The number of thiophene rings is 1. The average Bonchev–Trinajstić information content (AvgIpc) is 3.11. The lowest BCUT2D eigenvalue weighted by atomic mass is 9.99. The van der Waals surface area contributed by atoms with Gasteiger partial charge in [-0.05, 0) is 42.5 Å². The molecular weight excluding hydrogens is 436 g/mol. The first-order valence-corrected chi connectivity index (χ1v) is 11.6. The summed E-state index contributed by atoms with van der Waals surface area (Å²) in [4.78, 5) is 14.4. The van der Waals surface area contributed by atoms with Gasteiger partial charge in [0.2, 0.25) is 10.0 Å². The van der Waals surface area contributed by atoms with E-state index < -0.39 is 10.0 Å². The van der Waals surface area contributed by atoms with Crippen molar-refractivity contribution in [1.29, 1.82) is 0 Å². The molecule has 1 saturated heterocycles. The predicted molar refractivity (Wildman–Crippen MR) is 107 cm³/mol. The summed E-state index contributed by atoms with van der Waals surface area (Å²) in [7, 11) is -3.64. The highest BCUT2D eigenvalue weighted by Gasteiger charge is 2.24. The Morgan fingerprint density at radius 1 is 1.31 bits per heavy atom. The van der Waals surface area contributed by atoms with Crippen LogP contribution in [0.15, 0.2) is 44.4 Å². The summed E-state index contributed by atoms with van der Waals surface area (Å²) in [6, 6.07) is 8.94. The van der Waals surface area contributed by atoms with Crippen molar-refractivity contribution in [3.8, 4) is 0 Å². The van der Waals surface area contributed by atoms with Crippen LogP contribution in [-0.4, -0.2) is 32.3 Å². The summed E-state index contributed by atoms with van der Waals surface area (Å²) in [5, 5.41) is 1.63. The van der Waals surface area contributed by atoms with E-state index >= 15 is 0 Å². The molecular formula is C18H21BrN2O3S2. The molecule has 1 amide bonds. The normalized spacial score (nSPS) is 16.0. The van der Waals surface area contributed by atoms with Crippen molar-refractivity contribution >= 4 is 43.2 Å². The summed E-state index contributed by atoms with van der Waals surface area (Å²) in [5.74, 6) is 0.557. The minimum atomic E-state index is -3.64. The molecule has 1 aromatic heterocycles. The predicted octanol–water partition coefficient (Wildman–Crippen LogP) is 3.86. The van der Waals surface area contributed by atoms with E-state index in [-0.39, 0.29) is 16.7 Å². The lowest BCUT2D eigenvalue weighted by molar-refractivity contribution is 0.0697. The summed E-state index contributed by atoms with van der Waals surface area (Å²) < 4.78 is 28.7. The molecule has 1 aliphatic heterocycles. The first-order chi connectivity index (χ1) is 12.3. The Labute approximate surface area is 166 Å². The molecule has 3 rings (SSSR count). The molecule has 0 bridgehead atoms. The van der Waals surface area contributed by atoms with Crippen molar-refractivity contribution in [3.05, 3.63) is 51.3 Å². The Bertz CT molecular complexity index is 887. The monoisotopic (exact) mass is 456 g/mol. The van der Waals surface area contributed by atoms with E-state index in [1.165, 1.54) is 6.07 Å². The lowest BCUT2D eigenvalue weighted by Gasteiger charge is -2.30. The van der Waals surface area contributed by atoms with Crippen LogP contribution in [0.2, 0.25) is 0 Å². The maximum Gasteiger partial charge on any atom is 0.254 e. The Morgan fingerprint density at radius 2 is 2.04 bits per heavy atom. The van der Waals surface area contributed by atoms with Gasteiger partial charge in [-0.2, -0.15) is 0 Å². The zero-order valence-electron chi connectivity index (χ0n) is 14.4. The standard InChI is InChI=1S/C18H21BrN2O3S2/c1-13-5-7-21(8-6-13)18(22)15-10-17(25-12-15)26(23,24)20-11-14-3-2-4-16(19)9-14/h2-4,9-10,12-13,20H,5-8,11H2,1H3.